The molecule has 1 N–H and O–H groups in total. The number of hydrogen-bond acceptors (Lipinski definition) is 5. The van der Waals surface area contributed by atoms with Crippen molar-refractivity contribution >= 4 is 17.5 Å². The number of H-pyrrole nitrogens is 1. The monoisotopic (exact) mass is 355 g/mol. The number of anilines is 1. The van der Waals surface area contributed by atoms with E-state index >= 15 is 0 Å². The number of aryl methyl sites for hydroxylation is 2. The first-order valence-corrected chi connectivity index (χ1v) is 8.73. The van der Waals surface area contributed by atoms with E-state index in [2.05, 4.69) is 15.0 Å². The van der Waals surface area contributed by atoms with E-state index in [0.29, 0.717) is 30.2 Å². The molecular weight excluding hydrogens is 330 g/mol. The van der Waals surface area contributed by atoms with Gasteiger partial charge in [0.1, 0.15) is 11.6 Å². The third-order valence-electron chi connectivity index (χ3n) is 4.87. The van der Waals surface area contributed by atoms with Gasteiger partial charge in [0, 0.05) is 38.8 Å². The second-order valence-electron chi connectivity index (χ2n) is 7.07. The molecule has 0 spiro atoms. The van der Waals surface area contributed by atoms with Crippen LogP contribution in [0.15, 0.2) is 0 Å². The predicted octanol–water partition coefficient (Wildman–Crippen LogP) is 2.20. The summed E-state index contributed by atoms with van der Waals surface area (Å²) in [5, 5.41) is 0. The van der Waals surface area contributed by atoms with Crippen LogP contribution in [0.4, 0.5) is 5.82 Å². The largest absolute Gasteiger partial charge is 0.362 e. The summed E-state index contributed by atoms with van der Waals surface area (Å²) in [6.45, 7) is 8.10. The molecule has 138 valence electrons. The van der Waals surface area contributed by atoms with Crippen LogP contribution in [0, 0.1) is 20.8 Å². The molecule has 1 aliphatic heterocycles. The first kappa shape index (κ1) is 18.1. The van der Waals surface area contributed by atoms with Crippen molar-refractivity contribution in [2.24, 2.45) is 0 Å². The van der Waals surface area contributed by atoms with Gasteiger partial charge in [-0.2, -0.15) is 0 Å². The molecule has 0 atom stereocenters. The molecule has 1 amide bonds. The van der Waals surface area contributed by atoms with Gasteiger partial charge in [-0.3, -0.25) is 9.59 Å². The number of aromatic nitrogens is 3. The highest BCUT2D eigenvalue weighted by Crippen LogP contribution is 2.28. The van der Waals surface area contributed by atoms with E-state index in [9.17, 15) is 9.59 Å². The van der Waals surface area contributed by atoms with Gasteiger partial charge < -0.3 is 14.8 Å². The van der Waals surface area contributed by atoms with Crippen molar-refractivity contribution in [3.05, 3.63) is 39.6 Å². The Morgan fingerprint density at radius 3 is 2.42 bits per heavy atom. The number of amides is 1. The fraction of sp³-hybridized carbons (Fsp3) is 0.474. The Bertz CT molecular complexity index is 898. The Labute approximate surface area is 153 Å². The standard InChI is InChI=1S/C19H25N5O2/c1-10-16(11(2)20-17(10)12(3)25)19(26)24-8-7-14-15(9-24)21-13(4)22-18(14)23(5)6/h20H,7-9H2,1-6H3. The first-order valence-electron chi connectivity index (χ1n) is 8.73. The van der Waals surface area contributed by atoms with Crippen LogP contribution < -0.4 is 4.90 Å². The van der Waals surface area contributed by atoms with Gasteiger partial charge in [-0.15, -0.1) is 0 Å². The van der Waals surface area contributed by atoms with Crippen LogP contribution in [0.2, 0.25) is 0 Å². The lowest BCUT2D eigenvalue weighted by molar-refractivity contribution is 0.0730. The van der Waals surface area contributed by atoms with Crippen molar-refractivity contribution in [3.63, 3.8) is 0 Å². The van der Waals surface area contributed by atoms with Gasteiger partial charge in [0.25, 0.3) is 5.91 Å². The summed E-state index contributed by atoms with van der Waals surface area (Å²) in [5.74, 6) is 1.51. The number of nitrogens with zero attached hydrogens (tertiary/aromatic N) is 4. The summed E-state index contributed by atoms with van der Waals surface area (Å²) in [6, 6.07) is 0. The summed E-state index contributed by atoms with van der Waals surface area (Å²) in [5.41, 5.74) is 4.57. The van der Waals surface area contributed by atoms with Gasteiger partial charge in [-0.05, 0) is 32.8 Å². The highest BCUT2D eigenvalue weighted by molar-refractivity contribution is 6.02. The Balaban J connectivity index is 1.95. The van der Waals surface area contributed by atoms with Crippen LogP contribution in [0.25, 0.3) is 0 Å². The SMILES string of the molecule is CC(=O)c1[nH]c(C)c(C(=O)N2CCc3c(nc(C)nc3N(C)C)C2)c1C. The van der Waals surface area contributed by atoms with E-state index in [1.54, 1.807) is 4.90 Å². The minimum Gasteiger partial charge on any atom is -0.362 e. The van der Waals surface area contributed by atoms with Crippen molar-refractivity contribution in [2.75, 3.05) is 25.5 Å². The third kappa shape index (κ3) is 2.98. The molecule has 0 bridgehead atoms. The van der Waals surface area contributed by atoms with Crippen LogP contribution >= 0.6 is 0 Å². The fourth-order valence-electron chi connectivity index (χ4n) is 3.66. The van der Waals surface area contributed by atoms with Crippen LogP contribution in [-0.4, -0.2) is 52.2 Å². The Hall–Kier alpha value is -2.70. The van der Waals surface area contributed by atoms with Crippen LogP contribution in [0.1, 0.15) is 56.1 Å². The Morgan fingerprint density at radius 2 is 1.85 bits per heavy atom. The second-order valence-corrected chi connectivity index (χ2v) is 7.07. The van der Waals surface area contributed by atoms with E-state index < -0.39 is 0 Å². The quantitative estimate of drug-likeness (QED) is 0.854. The number of carbonyl (C=O) groups is 2. The molecule has 0 fully saturated rings. The molecule has 7 nitrogen and oxygen atoms in total. The van der Waals surface area contributed by atoms with E-state index in [-0.39, 0.29) is 11.7 Å². The fourth-order valence-corrected chi connectivity index (χ4v) is 3.66. The molecule has 0 aromatic carbocycles. The highest BCUT2D eigenvalue weighted by atomic mass is 16.2. The zero-order chi connectivity index (χ0) is 19.2. The van der Waals surface area contributed by atoms with Crippen molar-refractivity contribution < 1.29 is 9.59 Å². The number of Topliss-reactive ketones (excluding diaryl/α,β-unsaturated/α-hetero) is 1. The minimum atomic E-state index is -0.0624. The summed E-state index contributed by atoms with van der Waals surface area (Å²) < 4.78 is 0. The van der Waals surface area contributed by atoms with Gasteiger partial charge in [-0.25, -0.2) is 9.97 Å². The van der Waals surface area contributed by atoms with Crippen molar-refractivity contribution in [2.45, 2.75) is 40.7 Å². The molecule has 0 saturated heterocycles. The van der Waals surface area contributed by atoms with Gasteiger partial charge in [0.15, 0.2) is 5.78 Å². The lowest BCUT2D eigenvalue weighted by Crippen LogP contribution is -2.38. The summed E-state index contributed by atoms with van der Waals surface area (Å²) in [6.07, 6.45) is 0.719. The number of carbonyl (C=O) groups excluding carboxylic acids is 2. The van der Waals surface area contributed by atoms with E-state index in [1.807, 2.05) is 39.8 Å². The molecule has 0 saturated carbocycles. The second kappa shape index (κ2) is 6.55. The minimum absolute atomic E-state index is 0.0583. The van der Waals surface area contributed by atoms with E-state index in [0.717, 1.165) is 34.8 Å². The smallest absolute Gasteiger partial charge is 0.256 e. The molecule has 1 aliphatic rings. The first-order chi connectivity index (χ1) is 12.2. The lowest BCUT2D eigenvalue weighted by atomic mass is 10.0. The topological polar surface area (TPSA) is 82.2 Å². The van der Waals surface area contributed by atoms with Crippen molar-refractivity contribution in [1.29, 1.82) is 0 Å². The number of fused-ring (bicyclic) bond motifs is 1. The average molecular weight is 355 g/mol. The Morgan fingerprint density at radius 1 is 1.15 bits per heavy atom. The predicted molar refractivity (Wildman–Crippen MR) is 99.8 cm³/mol. The molecule has 0 aliphatic carbocycles. The van der Waals surface area contributed by atoms with Crippen LogP contribution in [-0.2, 0) is 13.0 Å². The summed E-state index contributed by atoms with van der Waals surface area (Å²) >= 11 is 0. The maximum absolute atomic E-state index is 13.1. The molecule has 0 radical (unpaired) electrons. The van der Waals surface area contributed by atoms with Gasteiger partial charge >= 0.3 is 0 Å². The molecule has 3 heterocycles. The van der Waals surface area contributed by atoms with E-state index in [1.165, 1.54) is 6.92 Å². The number of hydrogen-bond donors (Lipinski definition) is 1. The maximum Gasteiger partial charge on any atom is 0.256 e. The zero-order valence-electron chi connectivity index (χ0n) is 16.2. The summed E-state index contributed by atoms with van der Waals surface area (Å²) in [7, 11) is 3.94. The normalized spacial score (nSPS) is 13.5. The highest BCUT2D eigenvalue weighted by Gasteiger charge is 2.29. The zero-order valence-corrected chi connectivity index (χ0v) is 16.2. The van der Waals surface area contributed by atoms with Crippen molar-refractivity contribution in [3.8, 4) is 0 Å². The number of aromatic amines is 1. The molecule has 3 rings (SSSR count). The average Bonchev–Trinajstić information content (AvgIpc) is 2.87. The van der Waals surface area contributed by atoms with Gasteiger partial charge in [0.2, 0.25) is 0 Å². The van der Waals surface area contributed by atoms with Crippen LogP contribution in [0.3, 0.4) is 0 Å². The van der Waals surface area contributed by atoms with Crippen molar-refractivity contribution in [1.82, 2.24) is 19.9 Å². The van der Waals surface area contributed by atoms with Crippen LogP contribution in [0.5, 0.6) is 0 Å². The molecule has 26 heavy (non-hydrogen) atoms. The third-order valence-corrected chi connectivity index (χ3v) is 4.87. The number of rotatable bonds is 3. The lowest BCUT2D eigenvalue weighted by Gasteiger charge is -2.30. The number of nitrogens with one attached hydrogen (secondary N) is 1. The molecule has 2 aromatic heterocycles. The molecule has 0 unspecified atom stereocenters. The van der Waals surface area contributed by atoms with Gasteiger partial charge in [0.05, 0.1) is 23.5 Å². The van der Waals surface area contributed by atoms with Gasteiger partial charge in [-0.1, -0.05) is 0 Å². The summed E-state index contributed by atoms with van der Waals surface area (Å²) in [4.78, 5) is 40.8. The van der Waals surface area contributed by atoms with E-state index in [4.69, 9.17) is 0 Å². The number of ketones is 1. The molecular formula is C19H25N5O2. The molecule has 7 heteroatoms. The Kier molecular flexibility index (Phi) is 4.56. The molecule has 2 aromatic rings. The maximum atomic E-state index is 13.1.